The Morgan fingerprint density at radius 3 is 2.11 bits per heavy atom. The monoisotopic (exact) mass is 334 g/mol. The molecule has 0 aromatic heterocycles. The zero-order valence-corrected chi connectivity index (χ0v) is 12.0. The van der Waals surface area contributed by atoms with Crippen molar-refractivity contribution in [3.63, 3.8) is 0 Å². The van der Waals surface area contributed by atoms with Gasteiger partial charge in [-0.25, -0.2) is 0 Å². The average molecular weight is 336 g/mol. The smallest absolute Gasteiger partial charge is 0.178 e. The maximum Gasteiger partial charge on any atom is 0.178 e. The fraction of sp³-hybridized carbons (Fsp3) is 0.0667. The van der Waals surface area contributed by atoms with Crippen molar-refractivity contribution in [1.29, 1.82) is 0 Å². The number of rotatable bonds is 1. The summed E-state index contributed by atoms with van der Waals surface area (Å²) >= 11 is 9.46. The van der Waals surface area contributed by atoms with Crippen molar-refractivity contribution in [1.82, 2.24) is 0 Å². The normalized spacial score (nSPS) is 14.8. The van der Waals surface area contributed by atoms with Gasteiger partial charge in [-0.15, -0.1) is 0 Å². The van der Waals surface area contributed by atoms with E-state index in [0.717, 1.165) is 4.47 Å². The Hall–Kier alpha value is -1.45. The molecule has 0 saturated carbocycles. The molecule has 0 spiro atoms. The Balaban J connectivity index is 2.17. The van der Waals surface area contributed by atoms with Gasteiger partial charge in [0.1, 0.15) is 5.92 Å². The van der Waals surface area contributed by atoms with E-state index >= 15 is 0 Å². The van der Waals surface area contributed by atoms with E-state index in [9.17, 15) is 9.59 Å². The second-order valence-corrected chi connectivity index (χ2v) is 5.70. The highest BCUT2D eigenvalue weighted by atomic mass is 79.9. The van der Waals surface area contributed by atoms with Crippen LogP contribution in [0.25, 0.3) is 0 Å². The maximum absolute atomic E-state index is 12.4. The van der Waals surface area contributed by atoms with Gasteiger partial charge in [0.05, 0.1) is 0 Å². The zero-order chi connectivity index (χ0) is 13.6. The van der Waals surface area contributed by atoms with Crippen LogP contribution in [0.4, 0.5) is 0 Å². The topological polar surface area (TPSA) is 34.1 Å². The molecule has 0 fully saturated rings. The van der Waals surface area contributed by atoms with Crippen LogP contribution < -0.4 is 0 Å². The Bertz CT molecular complexity index is 674. The van der Waals surface area contributed by atoms with Crippen molar-refractivity contribution in [2.24, 2.45) is 0 Å². The van der Waals surface area contributed by atoms with Crippen LogP contribution in [-0.2, 0) is 0 Å². The van der Waals surface area contributed by atoms with Crippen molar-refractivity contribution in [3.05, 3.63) is 68.7 Å². The van der Waals surface area contributed by atoms with Gasteiger partial charge in [-0.2, -0.15) is 0 Å². The van der Waals surface area contributed by atoms with E-state index < -0.39 is 5.92 Å². The quantitative estimate of drug-likeness (QED) is 0.730. The molecule has 0 heterocycles. The first kappa shape index (κ1) is 12.6. The lowest BCUT2D eigenvalue weighted by atomic mass is 9.94. The third-order valence-corrected chi connectivity index (χ3v) is 4.09. The number of hydrogen-bond acceptors (Lipinski definition) is 2. The van der Waals surface area contributed by atoms with E-state index in [1.54, 1.807) is 42.5 Å². The van der Waals surface area contributed by atoms with Gasteiger partial charge in [-0.3, -0.25) is 9.59 Å². The minimum absolute atomic E-state index is 0.180. The largest absolute Gasteiger partial charge is 0.293 e. The minimum Gasteiger partial charge on any atom is -0.293 e. The molecular weight excluding hydrogens is 328 g/mol. The third-order valence-electron chi connectivity index (χ3n) is 3.25. The maximum atomic E-state index is 12.4. The van der Waals surface area contributed by atoms with Crippen molar-refractivity contribution in [2.45, 2.75) is 5.92 Å². The van der Waals surface area contributed by atoms with Gasteiger partial charge in [0.15, 0.2) is 11.6 Å². The molecule has 2 aromatic rings. The molecule has 1 aliphatic rings. The molecule has 2 aromatic carbocycles. The number of fused-ring (bicyclic) bond motifs is 1. The number of ketones is 2. The Morgan fingerprint density at radius 1 is 0.947 bits per heavy atom. The number of Topliss-reactive ketones (excluding diaryl/α,β-unsaturated/α-hetero) is 2. The van der Waals surface area contributed by atoms with Crippen LogP contribution in [0.2, 0.25) is 5.02 Å². The minimum atomic E-state index is -0.817. The predicted molar refractivity (Wildman–Crippen MR) is 77.0 cm³/mol. The molecule has 94 valence electrons. The van der Waals surface area contributed by atoms with Crippen molar-refractivity contribution in [2.75, 3.05) is 0 Å². The van der Waals surface area contributed by atoms with E-state index in [0.29, 0.717) is 21.7 Å². The summed E-state index contributed by atoms with van der Waals surface area (Å²) in [5, 5.41) is 0.433. The zero-order valence-electron chi connectivity index (χ0n) is 9.69. The summed E-state index contributed by atoms with van der Waals surface area (Å²) in [6, 6.07) is 12.1. The highest BCUT2D eigenvalue weighted by Gasteiger charge is 2.40. The molecule has 0 N–H and O–H groups in total. The first-order valence-corrected chi connectivity index (χ1v) is 6.89. The molecule has 0 atom stereocenters. The van der Waals surface area contributed by atoms with Crippen LogP contribution in [0.1, 0.15) is 32.2 Å². The number of carbonyl (C=O) groups excluding carboxylic acids is 2. The van der Waals surface area contributed by atoms with Crippen LogP contribution >= 0.6 is 27.5 Å². The molecule has 3 rings (SSSR count). The first-order chi connectivity index (χ1) is 9.09. The molecule has 0 aliphatic heterocycles. The van der Waals surface area contributed by atoms with Gasteiger partial charge in [0.25, 0.3) is 0 Å². The van der Waals surface area contributed by atoms with Crippen LogP contribution in [0, 0.1) is 0 Å². The average Bonchev–Trinajstić information content (AvgIpc) is 2.66. The Morgan fingerprint density at radius 2 is 1.53 bits per heavy atom. The summed E-state index contributed by atoms with van der Waals surface area (Å²) < 4.78 is 0.795. The van der Waals surface area contributed by atoms with E-state index in [4.69, 9.17) is 11.6 Å². The molecule has 0 amide bonds. The molecule has 19 heavy (non-hydrogen) atoms. The van der Waals surface area contributed by atoms with E-state index in [-0.39, 0.29) is 11.6 Å². The second kappa shape index (κ2) is 4.58. The molecule has 0 unspecified atom stereocenters. The summed E-state index contributed by atoms with van der Waals surface area (Å²) in [7, 11) is 0. The number of carbonyl (C=O) groups is 2. The number of hydrogen-bond donors (Lipinski definition) is 0. The standard InChI is InChI=1S/C15H8BrClO2/c16-8-5-6-12(17)11(7-8)13-14(18)9-3-1-2-4-10(9)15(13)19/h1-7,13H. The number of benzene rings is 2. The summed E-state index contributed by atoms with van der Waals surface area (Å²) in [5.41, 5.74) is 1.52. The van der Waals surface area contributed by atoms with E-state index in [1.165, 1.54) is 0 Å². The Kier molecular flexibility index (Phi) is 3.03. The predicted octanol–water partition coefficient (Wildman–Crippen LogP) is 4.27. The van der Waals surface area contributed by atoms with Gasteiger partial charge >= 0.3 is 0 Å². The van der Waals surface area contributed by atoms with Gasteiger partial charge < -0.3 is 0 Å². The lowest BCUT2D eigenvalue weighted by molar-refractivity contribution is 0.0890. The van der Waals surface area contributed by atoms with Gasteiger partial charge in [0.2, 0.25) is 0 Å². The molecule has 0 saturated heterocycles. The molecular formula is C15H8BrClO2. The van der Waals surface area contributed by atoms with E-state index in [2.05, 4.69) is 15.9 Å². The van der Waals surface area contributed by atoms with Crippen LogP contribution in [0.5, 0.6) is 0 Å². The molecule has 0 bridgehead atoms. The van der Waals surface area contributed by atoms with Crippen LogP contribution in [-0.4, -0.2) is 11.6 Å². The summed E-state index contributed by atoms with van der Waals surface area (Å²) in [6.07, 6.45) is 0. The molecule has 4 heteroatoms. The van der Waals surface area contributed by atoms with Gasteiger partial charge in [-0.1, -0.05) is 51.8 Å². The fourth-order valence-corrected chi connectivity index (χ4v) is 2.97. The van der Waals surface area contributed by atoms with Crippen molar-refractivity contribution < 1.29 is 9.59 Å². The highest BCUT2D eigenvalue weighted by molar-refractivity contribution is 9.10. The van der Waals surface area contributed by atoms with E-state index in [1.807, 2.05) is 0 Å². The lowest BCUT2D eigenvalue weighted by Crippen LogP contribution is -2.13. The number of halogens is 2. The van der Waals surface area contributed by atoms with Crippen molar-refractivity contribution >= 4 is 39.1 Å². The second-order valence-electron chi connectivity index (χ2n) is 4.37. The highest BCUT2D eigenvalue weighted by Crippen LogP contribution is 2.37. The van der Waals surface area contributed by atoms with Crippen LogP contribution in [0.3, 0.4) is 0 Å². The summed E-state index contributed by atoms with van der Waals surface area (Å²) in [4.78, 5) is 24.8. The first-order valence-electron chi connectivity index (χ1n) is 5.72. The molecule has 1 aliphatic carbocycles. The summed E-state index contributed by atoms with van der Waals surface area (Å²) in [5.74, 6) is -1.18. The molecule has 2 nitrogen and oxygen atoms in total. The van der Waals surface area contributed by atoms with Gasteiger partial charge in [0, 0.05) is 20.6 Å². The third kappa shape index (κ3) is 1.94. The SMILES string of the molecule is O=C1c2ccccc2C(=O)C1c1cc(Br)ccc1Cl. The van der Waals surface area contributed by atoms with Crippen LogP contribution in [0.15, 0.2) is 46.9 Å². The molecule has 0 radical (unpaired) electrons. The summed E-state index contributed by atoms with van der Waals surface area (Å²) in [6.45, 7) is 0. The lowest BCUT2D eigenvalue weighted by Gasteiger charge is -2.10. The van der Waals surface area contributed by atoms with Gasteiger partial charge in [-0.05, 0) is 23.8 Å². The Labute approximate surface area is 123 Å². The fourth-order valence-electron chi connectivity index (χ4n) is 2.36. The van der Waals surface area contributed by atoms with Crippen molar-refractivity contribution in [3.8, 4) is 0 Å².